The van der Waals surface area contributed by atoms with Gasteiger partial charge in [-0.1, -0.05) is 35.3 Å². The molecule has 1 aliphatic heterocycles. The summed E-state index contributed by atoms with van der Waals surface area (Å²) in [5, 5.41) is 1.97. The fourth-order valence-electron chi connectivity index (χ4n) is 4.20. The van der Waals surface area contributed by atoms with E-state index < -0.39 is 0 Å². The summed E-state index contributed by atoms with van der Waals surface area (Å²) in [4.78, 5) is 16.5. The standard InChI is InChI=1S/C27H21Cl2N5/c1-33(19-5-4-12-30-16-19)26-14-24-27(15-23(26)31-17-8-9-17)34(18-10-11-20(28)21(29)13-18)25-7-3-2-6-22(25)32-24/h2-7,10-17H,8-9H2,1H3. The molecule has 0 amide bonds. The van der Waals surface area contributed by atoms with Crippen molar-refractivity contribution in [3.05, 3.63) is 94.5 Å². The maximum atomic E-state index is 6.42. The van der Waals surface area contributed by atoms with Crippen molar-refractivity contribution in [3.8, 4) is 17.1 Å². The number of hydrogen-bond donors (Lipinski definition) is 0. The van der Waals surface area contributed by atoms with Gasteiger partial charge in [-0.15, -0.1) is 0 Å². The molecule has 7 heteroatoms. The first kappa shape index (κ1) is 21.1. The number of para-hydroxylation sites is 2. The largest absolute Gasteiger partial charge is 0.342 e. The summed E-state index contributed by atoms with van der Waals surface area (Å²) in [6.45, 7) is 0. The van der Waals surface area contributed by atoms with E-state index in [9.17, 15) is 0 Å². The predicted molar refractivity (Wildman–Crippen MR) is 139 cm³/mol. The van der Waals surface area contributed by atoms with Crippen molar-refractivity contribution in [1.29, 1.82) is 0 Å². The average Bonchev–Trinajstić information content (AvgIpc) is 3.68. The van der Waals surface area contributed by atoms with Crippen LogP contribution in [0.4, 0.5) is 11.4 Å². The minimum Gasteiger partial charge on any atom is -0.342 e. The maximum absolute atomic E-state index is 6.42. The van der Waals surface area contributed by atoms with Crippen molar-refractivity contribution >= 4 is 45.6 Å². The number of anilines is 2. The summed E-state index contributed by atoms with van der Waals surface area (Å²) >= 11 is 12.6. The van der Waals surface area contributed by atoms with Crippen LogP contribution in [0.5, 0.6) is 0 Å². The molecule has 2 aliphatic carbocycles. The second-order valence-corrected chi connectivity index (χ2v) is 9.31. The average molecular weight is 486 g/mol. The van der Waals surface area contributed by atoms with Crippen LogP contribution in [0.3, 0.4) is 0 Å². The predicted octanol–water partition coefficient (Wildman–Crippen LogP) is 6.66. The molecule has 3 aliphatic rings. The van der Waals surface area contributed by atoms with E-state index in [0.29, 0.717) is 16.1 Å². The van der Waals surface area contributed by atoms with Gasteiger partial charge in [0.25, 0.3) is 0 Å². The quantitative estimate of drug-likeness (QED) is 0.267. The van der Waals surface area contributed by atoms with Gasteiger partial charge >= 0.3 is 0 Å². The highest BCUT2D eigenvalue weighted by Gasteiger charge is 2.23. The van der Waals surface area contributed by atoms with Crippen LogP contribution < -0.4 is 10.3 Å². The van der Waals surface area contributed by atoms with E-state index in [1.807, 2.05) is 61.8 Å². The topological polar surface area (TPSA) is 46.3 Å². The maximum Gasteiger partial charge on any atom is 0.0900 e. The summed E-state index contributed by atoms with van der Waals surface area (Å²) < 4.78 is 2.18. The molecule has 0 spiro atoms. The summed E-state index contributed by atoms with van der Waals surface area (Å²) in [5.74, 6) is 0. The third-order valence-corrected chi connectivity index (χ3v) is 6.84. The number of nitrogens with zero attached hydrogens (tertiary/aromatic N) is 5. The van der Waals surface area contributed by atoms with Crippen LogP contribution in [0.2, 0.25) is 10.0 Å². The lowest BCUT2D eigenvalue weighted by molar-refractivity contribution is 0.985. The molecule has 0 N–H and O–H groups in total. The van der Waals surface area contributed by atoms with Gasteiger partial charge in [-0.05, 0) is 67.4 Å². The number of rotatable bonds is 4. The molecule has 3 aromatic rings. The normalized spacial score (nSPS) is 14.1. The second kappa shape index (κ2) is 8.42. The van der Waals surface area contributed by atoms with Crippen molar-refractivity contribution in [2.24, 2.45) is 4.99 Å². The van der Waals surface area contributed by atoms with E-state index in [-0.39, 0.29) is 0 Å². The van der Waals surface area contributed by atoms with E-state index in [4.69, 9.17) is 33.2 Å². The van der Waals surface area contributed by atoms with Gasteiger partial charge in [0, 0.05) is 18.9 Å². The van der Waals surface area contributed by atoms with Crippen molar-refractivity contribution in [1.82, 2.24) is 14.5 Å². The van der Waals surface area contributed by atoms with Crippen LogP contribution >= 0.6 is 23.2 Å². The lowest BCUT2D eigenvalue weighted by atomic mass is 10.1. The molecule has 2 aromatic carbocycles. The SMILES string of the molecule is CN(c1cccnc1)c1cc2nc3ccccc3n(-c3ccc(Cl)c(Cl)c3)c-2cc1=NC1CC1. The Labute approximate surface area is 207 Å². The zero-order valence-corrected chi connectivity index (χ0v) is 20.0. The number of fused-ring (bicyclic) bond motifs is 2. The molecule has 2 heterocycles. The summed E-state index contributed by atoms with van der Waals surface area (Å²) in [7, 11) is 2.04. The molecule has 168 valence electrons. The zero-order chi connectivity index (χ0) is 23.2. The fraction of sp³-hybridized carbons (Fsp3) is 0.148. The van der Waals surface area contributed by atoms with Crippen molar-refractivity contribution < 1.29 is 0 Å². The molecule has 34 heavy (non-hydrogen) atoms. The lowest BCUT2D eigenvalue weighted by Crippen LogP contribution is -2.22. The van der Waals surface area contributed by atoms with Crippen molar-refractivity contribution in [2.75, 3.05) is 11.9 Å². The smallest absolute Gasteiger partial charge is 0.0900 e. The van der Waals surface area contributed by atoms with E-state index in [1.54, 1.807) is 6.20 Å². The van der Waals surface area contributed by atoms with Crippen molar-refractivity contribution in [2.45, 2.75) is 18.9 Å². The highest BCUT2D eigenvalue weighted by molar-refractivity contribution is 6.42. The molecule has 0 radical (unpaired) electrons. The number of halogens is 2. The Bertz CT molecular complexity index is 1560. The molecule has 0 atom stereocenters. The van der Waals surface area contributed by atoms with Crippen LogP contribution in [-0.4, -0.2) is 27.6 Å². The molecule has 0 unspecified atom stereocenters. The number of benzene rings is 3. The van der Waals surface area contributed by atoms with Gasteiger partial charge in [0.15, 0.2) is 0 Å². The zero-order valence-electron chi connectivity index (χ0n) is 18.5. The molecule has 1 aromatic heterocycles. The van der Waals surface area contributed by atoms with Gasteiger partial charge in [0.1, 0.15) is 0 Å². The van der Waals surface area contributed by atoms with E-state index in [0.717, 1.165) is 57.7 Å². The molecule has 6 rings (SSSR count). The minimum absolute atomic E-state index is 0.366. The number of aromatic nitrogens is 3. The fourth-order valence-corrected chi connectivity index (χ4v) is 4.49. The van der Waals surface area contributed by atoms with Crippen LogP contribution in [0, 0.1) is 0 Å². The highest BCUT2D eigenvalue weighted by atomic mass is 35.5. The van der Waals surface area contributed by atoms with Gasteiger partial charge in [-0.2, -0.15) is 0 Å². The van der Waals surface area contributed by atoms with Crippen LogP contribution in [0.15, 0.2) is 84.1 Å². The van der Waals surface area contributed by atoms with Crippen molar-refractivity contribution in [3.63, 3.8) is 0 Å². The first-order chi connectivity index (χ1) is 16.6. The number of pyridine rings is 1. The van der Waals surface area contributed by atoms with Gasteiger partial charge in [0.2, 0.25) is 0 Å². The molecule has 0 saturated heterocycles. The monoisotopic (exact) mass is 485 g/mol. The first-order valence-corrected chi connectivity index (χ1v) is 11.9. The highest BCUT2D eigenvalue weighted by Crippen LogP contribution is 2.34. The van der Waals surface area contributed by atoms with E-state index >= 15 is 0 Å². The Morgan fingerprint density at radius 3 is 2.59 bits per heavy atom. The first-order valence-electron chi connectivity index (χ1n) is 11.2. The Kier molecular flexibility index (Phi) is 5.24. The molecular weight excluding hydrogens is 465 g/mol. The molecule has 5 nitrogen and oxygen atoms in total. The Morgan fingerprint density at radius 1 is 0.971 bits per heavy atom. The van der Waals surface area contributed by atoms with Gasteiger partial charge in [-0.25, -0.2) is 4.98 Å². The summed E-state index contributed by atoms with van der Waals surface area (Å²) in [6.07, 6.45) is 5.88. The lowest BCUT2D eigenvalue weighted by Gasteiger charge is -2.24. The summed E-state index contributed by atoms with van der Waals surface area (Å²) in [6, 6.07) is 22.4. The third-order valence-electron chi connectivity index (χ3n) is 6.10. The Balaban J connectivity index is 1.68. The molecule has 1 saturated carbocycles. The van der Waals surface area contributed by atoms with Crippen LogP contribution in [-0.2, 0) is 0 Å². The molecular formula is C27H21Cl2N5. The molecule has 1 fully saturated rings. The number of hydrogen-bond acceptors (Lipinski definition) is 4. The van der Waals surface area contributed by atoms with E-state index in [1.165, 1.54) is 0 Å². The summed E-state index contributed by atoms with van der Waals surface area (Å²) in [5.41, 5.74) is 6.61. The third kappa shape index (κ3) is 3.81. The second-order valence-electron chi connectivity index (χ2n) is 8.49. The van der Waals surface area contributed by atoms with Crippen LogP contribution in [0.25, 0.3) is 28.1 Å². The van der Waals surface area contributed by atoms with Gasteiger partial charge in [0.05, 0.1) is 61.4 Å². The van der Waals surface area contributed by atoms with Crippen LogP contribution in [0.1, 0.15) is 12.8 Å². The van der Waals surface area contributed by atoms with Gasteiger partial charge in [-0.3, -0.25) is 9.98 Å². The molecule has 0 bridgehead atoms. The van der Waals surface area contributed by atoms with E-state index in [2.05, 4.69) is 32.7 Å². The minimum atomic E-state index is 0.366. The Hall–Kier alpha value is -3.41. The Morgan fingerprint density at radius 2 is 1.82 bits per heavy atom. The van der Waals surface area contributed by atoms with Gasteiger partial charge < -0.3 is 9.47 Å².